The first kappa shape index (κ1) is 16.3. The van der Waals surface area contributed by atoms with Gasteiger partial charge in [0.15, 0.2) is 11.5 Å². The van der Waals surface area contributed by atoms with Crippen molar-refractivity contribution in [3.05, 3.63) is 42.4 Å². The van der Waals surface area contributed by atoms with Crippen LogP contribution in [0.15, 0.2) is 36.8 Å². The lowest BCUT2D eigenvalue weighted by atomic mass is 9.84. The Morgan fingerprint density at radius 3 is 2.96 bits per heavy atom. The van der Waals surface area contributed by atoms with Gasteiger partial charge >= 0.3 is 0 Å². The molecule has 0 radical (unpaired) electrons. The second-order valence-electron chi connectivity index (χ2n) is 7.04. The van der Waals surface area contributed by atoms with Crippen LogP contribution >= 0.6 is 0 Å². The monoisotopic (exact) mass is 369 g/mol. The molecule has 27 heavy (non-hydrogen) atoms. The largest absolute Gasteiger partial charge is 0.473 e. The number of rotatable bonds is 3. The van der Waals surface area contributed by atoms with Crippen LogP contribution in [0.2, 0.25) is 0 Å². The third-order valence-corrected chi connectivity index (χ3v) is 5.14. The maximum atomic E-state index is 12.7. The van der Waals surface area contributed by atoms with E-state index in [0.29, 0.717) is 42.6 Å². The Labute approximate surface area is 156 Å². The zero-order chi connectivity index (χ0) is 18.3. The van der Waals surface area contributed by atoms with Crippen LogP contribution in [0.5, 0.6) is 17.4 Å². The third kappa shape index (κ3) is 3.06. The van der Waals surface area contributed by atoms with Crippen molar-refractivity contribution >= 4 is 5.91 Å². The van der Waals surface area contributed by atoms with E-state index in [0.717, 1.165) is 12.8 Å². The van der Waals surface area contributed by atoms with Crippen molar-refractivity contribution in [2.24, 2.45) is 0 Å². The Hall–Kier alpha value is -2.87. The summed E-state index contributed by atoms with van der Waals surface area (Å²) in [6.07, 6.45) is 6.38. The SMILES string of the molecule is O=C(c1ccc2c(c1)OCO2)N1CC2(CC(Oc3cnccn3)CCO2)C1. The summed E-state index contributed by atoms with van der Waals surface area (Å²) in [5.41, 5.74) is 0.259. The van der Waals surface area contributed by atoms with Gasteiger partial charge in [0, 0.05) is 30.8 Å². The highest BCUT2D eigenvalue weighted by molar-refractivity contribution is 5.95. The number of nitrogens with zero attached hydrogens (tertiary/aromatic N) is 3. The molecule has 5 rings (SSSR count). The standard InChI is InChI=1S/C19H19N3O5/c23-18(13-1-2-15-16(7-13)25-12-24-15)22-10-19(11-22)8-14(3-6-26-19)27-17-9-20-4-5-21-17/h1-2,4-5,7,9,14H,3,6,8,10-12H2. The first-order valence-electron chi connectivity index (χ1n) is 8.96. The molecule has 0 bridgehead atoms. The fourth-order valence-corrected chi connectivity index (χ4v) is 3.83. The lowest BCUT2D eigenvalue weighted by Crippen LogP contribution is -2.67. The lowest BCUT2D eigenvalue weighted by Gasteiger charge is -2.52. The van der Waals surface area contributed by atoms with Gasteiger partial charge in [0.05, 0.1) is 25.9 Å². The minimum absolute atomic E-state index is 0.0123. The number of hydrogen-bond acceptors (Lipinski definition) is 7. The lowest BCUT2D eigenvalue weighted by molar-refractivity contribution is -0.174. The number of ether oxygens (including phenoxy) is 4. The molecule has 0 aliphatic carbocycles. The Kier molecular flexibility index (Phi) is 3.86. The third-order valence-electron chi connectivity index (χ3n) is 5.14. The van der Waals surface area contributed by atoms with Crippen molar-refractivity contribution in [3.63, 3.8) is 0 Å². The van der Waals surface area contributed by atoms with E-state index in [-0.39, 0.29) is 24.4 Å². The molecule has 8 heteroatoms. The van der Waals surface area contributed by atoms with Crippen LogP contribution in [0, 0.1) is 0 Å². The normalized spacial score (nSPS) is 22.4. The van der Waals surface area contributed by atoms with Crippen molar-refractivity contribution in [2.45, 2.75) is 24.5 Å². The van der Waals surface area contributed by atoms with E-state index in [4.69, 9.17) is 18.9 Å². The topological polar surface area (TPSA) is 83.0 Å². The molecule has 2 aromatic rings. The first-order chi connectivity index (χ1) is 13.2. The first-order valence-corrected chi connectivity index (χ1v) is 8.96. The van der Waals surface area contributed by atoms with Gasteiger partial charge in [0.2, 0.25) is 12.7 Å². The van der Waals surface area contributed by atoms with Crippen LogP contribution in [0.4, 0.5) is 0 Å². The molecule has 1 spiro atoms. The molecule has 3 aliphatic rings. The van der Waals surface area contributed by atoms with E-state index >= 15 is 0 Å². The van der Waals surface area contributed by atoms with Gasteiger partial charge in [-0.2, -0.15) is 0 Å². The Morgan fingerprint density at radius 1 is 1.22 bits per heavy atom. The molecule has 0 N–H and O–H groups in total. The molecule has 140 valence electrons. The van der Waals surface area contributed by atoms with E-state index in [9.17, 15) is 4.79 Å². The molecule has 1 amide bonds. The van der Waals surface area contributed by atoms with Gasteiger partial charge in [0.1, 0.15) is 11.7 Å². The molecule has 1 atom stereocenters. The van der Waals surface area contributed by atoms with Gasteiger partial charge < -0.3 is 23.8 Å². The smallest absolute Gasteiger partial charge is 0.254 e. The quantitative estimate of drug-likeness (QED) is 0.814. The molecule has 8 nitrogen and oxygen atoms in total. The molecular formula is C19H19N3O5. The fourth-order valence-electron chi connectivity index (χ4n) is 3.83. The number of hydrogen-bond donors (Lipinski definition) is 0. The second kappa shape index (κ2) is 6.38. The molecule has 2 fully saturated rings. The number of aromatic nitrogens is 2. The Balaban J connectivity index is 1.22. The van der Waals surface area contributed by atoms with Crippen molar-refractivity contribution in [1.82, 2.24) is 14.9 Å². The maximum Gasteiger partial charge on any atom is 0.254 e. The van der Waals surface area contributed by atoms with Gasteiger partial charge in [-0.3, -0.25) is 9.78 Å². The molecule has 0 saturated carbocycles. The van der Waals surface area contributed by atoms with Crippen molar-refractivity contribution in [2.75, 3.05) is 26.5 Å². The summed E-state index contributed by atoms with van der Waals surface area (Å²) in [4.78, 5) is 22.7. The van der Waals surface area contributed by atoms with Crippen LogP contribution in [0.3, 0.4) is 0 Å². The van der Waals surface area contributed by atoms with E-state index in [1.807, 2.05) is 0 Å². The number of fused-ring (bicyclic) bond motifs is 1. The van der Waals surface area contributed by atoms with Crippen LogP contribution < -0.4 is 14.2 Å². The van der Waals surface area contributed by atoms with Crippen molar-refractivity contribution in [3.8, 4) is 17.4 Å². The minimum Gasteiger partial charge on any atom is -0.473 e. The number of amides is 1. The van der Waals surface area contributed by atoms with Crippen LogP contribution in [-0.2, 0) is 4.74 Å². The molecule has 1 aromatic carbocycles. The number of likely N-dealkylation sites (tertiary alicyclic amines) is 1. The summed E-state index contributed by atoms with van der Waals surface area (Å²) >= 11 is 0. The molecule has 3 aliphatic heterocycles. The van der Waals surface area contributed by atoms with Gasteiger partial charge in [-0.1, -0.05) is 0 Å². The maximum absolute atomic E-state index is 12.7. The van der Waals surface area contributed by atoms with E-state index in [2.05, 4.69) is 9.97 Å². The van der Waals surface area contributed by atoms with Crippen LogP contribution in [0.1, 0.15) is 23.2 Å². The minimum atomic E-state index is -0.336. The zero-order valence-corrected chi connectivity index (χ0v) is 14.7. The highest BCUT2D eigenvalue weighted by Gasteiger charge is 2.50. The predicted octanol–water partition coefficient (Wildman–Crippen LogP) is 1.66. The molecule has 2 saturated heterocycles. The Bertz CT molecular complexity index is 854. The van der Waals surface area contributed by atoms with E-state index in [1.165, 1.54) is 0 Å². The van der Waals surface area contributed by atoms with Gasteiger partial charge in [-0.05, 0) is 18.2 Å². The average Bonchev–Trinajstić information content (AvgIpc) is 3.14. The van der Waals surface area contributed by atoms with E-state index in [1.54, 1.807) is 41.7 Å². The van der Waals surface area contributed by atoms with Gasteiger partial charge in [0.25, 0.3) is 5.91 Å². The number of carbonyl (C=O) groups is 1. The van der Waals surface area contributed by atoms with Crippen molar-refractivity contribution in [1.29, 1.82) is 0 Å². The molecular weight excluding hydrogens is 350 g/mol. The van der Waals surface area contributed by atoms with E-state index < -0.39 is 0 Å². The highest BCUT2D eigenvalue weighted by atomic mass is 16.7. The van der Waals surface area contributed by atoms with Gasteiger partial charge in [-0.15, -0.1) is 0 Å². The van der Waals surface area contributed by atoms with Crippen LogP contribution in [0.25, 0.3) is 0 Å². The summed E-state index contributed by atoms with van der Waals surface area (Å²) in [7, 11) is 0. The summed E-state index contributed by atoms with van der Waals surface area (Å²) in [5, 5.41) is 0. The van der Waals surface area contributed by atoms with Gasteiger partial charge in [-0.25, -0.2) is 4.98 Å². The number of benzene rings is 1. The molecule has 4 heterocycles. The summed E-state index contributed by atoms with van der Waals surface area (Å²) in [5.74, 6) is 1.78. The summed E-state index contributed by atoms with van der Waals surface area (Å²) in [6.45, 7) is 1.92. The van der Waals surface area contributed by atoms with Crippen LogP contribution in [-0.4, -0.2) is 59.0 Å². The zero-order valence-electron chi connectivity index (χ0n) is 14.7. The second-order valence-corrected chi connectivity index (χ2v) is 7.04. The predicted molar refractivity (Wildman–Crippen MR) is 92.8 cm³/mol. The average molecular weight is 369 g/mol. The number of carbonyl (C=O) groups excluding carboxylic acids is 1. The summed E-state index contributed by atoms with van der Waals surface area (Å²) in [6, 6.07) is 5.27. The fraction of sp³-hybridized carbons (Fsp3) is 0.421. The highest BCUT2D eigenvalue weighted by Crippen LogP contribution is 2.37. The summed E-state index contributed by atoms with van der Waals surface area (Å²) < 4.78 is 22.6. The Morgan fingerprint density at radius 2 is 2.11 bits per heavy atom. The molecule has 1 aromatic heterocycles. The van der Waals surface area contributed by atoms with Crippen molar-refractivity contribution < 1.29 is 23.7 Å². The molecule has 1 unspecified atom stereocenters.